The summed E-state index contributed by atoms with van der Waals surface area (Å²) >= 11 is 0. The number of fused-ring (bicyclic) bond motifs is 2. The Morgan fingerprint density at radius 3 is 2.33 bits per heavy atom. The molecule has 1 aromatic rings. The fourth-order valence-corrected chi connectivity index (χ4v) is 3.24. The molecule has 5 heteroatoms. The van der Waals surface area contributed by atoms with Crippen LogP contribution < -0.4 is 5.32 Å². The molecule has 2 nitrogen and oxygen atoms in total. The van der Waals surface area contributed by atoms with Gasteiger partial charge in [-0.3, -0.25) is 0 Å². The zero-order valence-corrected chi connectivity index (χ0v) is 9.72. The van der Waals surface area contributed by atoms with Crippen molar-refractivity contribution >= 4 is 0 Å². The van der Waals surface area contributed by atoms with Crippen molar-refractivity contribution < 1.29 is 18.3 Å². The Bertz CT molecular complexity index is 479. The van der Waals surface area contributed by atoms with E-state index in [1.54, 1.807) is 0 Å². The van der Waals surface area contributed by atoms with E-state index < -0.39 is 23.1 Å². The van der Waals surface area contributed by atoms with Crippen molar-refractivity contribution in [2.24, 2.45) is 0 Å². The van der Waals surface area contributed by atoms with Gasteiger partial charge in [0.25, 0.3) is 0 Å². The number of halogens is 3. The van der Waals surface area contributed by atoms with E-state index in [-0.39, 0.29) is 17.6 Å². The average molecular weight is 257 g/mol. The highest BCUT2D eigenvalue weighted by atomic mass is 19.2. The third kappa shape index (κ3) is 1.82. The largest absolute Gasteiger partial charge is 0.385 e. The lowest BCUT2D eigenvalue weighted by Crippen LogP contribution is -2.47. The molecule has 0 amide bonds. The van der Waals surface area contributed by atoms with Crippen LogP contribution in [0.3, 0.4) is 0 Å². The lowest BCUT2D eigenvalue weighted by Gasteiger charge is -2.37. The molecule has 2 unspecified atom stereocenters. The molecule has 0 radical (unpaired) electrons. The van der Waals surface area contributed by atoms with Gasteiger partial charge in [-0.05, 0) is 31.7 Å². The molecule has 98 valence electrons. The number of rotatable bonds is 1. The summed E-state index contributed by atoms with van der Waals surface area (Å²) in [6, 6.07) is 1.60. The van der Waals surface area contributed by atoms with Gasteiger partial charge in [0.2, 0.25) is 0 Å². The molecule has 2 fully saturated rings. The maximum absolute atomic E-state index is 13.8. The van der Waals surface area contributed by atoms with Crippen molar-refractivity contribution in [1.29, 1.82) is 0 Å². The number of hydrogen-bond acceptors (Lipinski definition) is 2. The second-order valence-electron chi connectivity index (χ2n) is 5.33. The van der Waals surface area contributed by atoms with E-state index in [4.69, 9.17) is 0 Å². The summed E-state index contributed by atoms with van der Waals surface area (Å²) < 4.78 is 40.2. The maximum atomic E-state index is 13.8. The maximum Gasteiger partial charge on any atom is 0.165 e. The molecule has 2 saturated heterocycles. The van der Waals surface area contributed by atoms with Crippen LogP contribution in [-0.4, -0.2) is 17.2 Å². The van der Waals surface area contributed by atoms with E-state index in [0.717, 1.165) is 18.9 Å². The molecular weight excluding hydrogens is 243 g/mol. The molecule has 2 bridgehead atoms. The Morgan fingerprint density at radius 1 is 1.11 bits per heavy atom. The van der Waals surface area contributed by atoms with Gasteiger partial charge in [-0.1, -0.05) is 0 Å². The van der Waals surface area contributed by atoms with Crippen LogP contribution in [-0.2, 0) is 5.60 Å². The van der Waals surface area contributed by atoms with Crippen LogP contribution in [0, 0.1) is 17.5 Å². The molecule has 2 aliphatic heterocycles. The first-order chi connectivity index (χ1) is 8.48. The molecule has 2 aliphatic rings. The van der Waals surface area contributed by atoms with Gasteiger partial charge in [0.15, 0.2) is 11.6 Å². The molecule has 2 atom stereocenters. The van der Waals surface area contributed by atoms with Crippen molar-refractivity contribution in [3.8, 4) is 0 Å². The predicted molar refractivity (Wildman–Crippen MR) is 59.4 cm³/mol. The van der Waals surface area contributed by atoms with E-state index in [2.05, 4.69) is 5.32 Å². The minimum Gasteiger partial charge on any atom is -0.385 e. The zero-order valence-electron chi connectivity index (χ0n) is 9.72. The molecular formula is C13H14F3NO. The van der Waals surface area contributed by atoms with Gasteiger partial charge in [0.05, 0.1) is 5.60 Å². The van der Waals surface area contributed by atoms with Crippen LogP contribution in [0.15, 0.2) is 12.1 Å². The fraction of sp³-hybridized carbons (Fsp3) is 0.538. The highest BCUT2D eigenvalue weighted by Crippen LogP contribution is 2.42. The first-order valence-electron chi connectivity index (χ1n) is 6.11. The topological polar surface area (TPSA) is 32.3 Å². The van der Waals surface area contributed by atoms with Crippen LogP contribution in [0.5, 0.6) is 0 Å². The Labute approximate surface area is 103 Å². The molecule has 0 spiro atoms. The van der Waals surface area contributed by atoms with E-state index in [1.807, 2.05) is 0 Å². The van der Waals surface area contributed by atoms with E-state index in [0.29, 0.717) is 18.9 Å². The number of hydrogen-bond donors (Lipinski definition) is 2. The molecule has 2 heterocycles. The highest BCUT2D eigenvalue weighted by molar-refractivity contribution is 5.28. The summed E-state index contributed by atoms with van der Waals surface area (Å²) in [5, 5.41) is 13.8. The summed E-state index contributed by atoms with van der Waals surface area (Å²) in [5.74, 6) is -3.24. The quantitative estimate of drug-likeness (QED) is 0.756. The van der Waals surface area contributed by atoms with Crippen molar-refractivity contribution in [2.75, 3.05) is 0 Å². The third-order valence-corrected chi connectivity index (χ3v) is 4.00. The molecule has 0 aromatic heterocycles. The summed E-state index contributed by atoms with van der Waals surface area (Å²) in [6.07, 6.45) is 2.41. The van der Waals surface area contributed by atoms with Crippen LogP contribution in [0.1, 0.15) is 31.2 Å². The van der Waals surface area contributed by atoms with Crippen molar-refractivity contribution in [3.63, 3.8) is 0 Å². The minimum absolute atomic E-state index is 0.0967. The summed E-state index contributed by atoms with van der Waals surface area (Å²) in [7, 11) is 0. The van der Waals surface area contributed by atoms with Crippen molar-refractivity contribution in [3.05, 3.63) is 35.1 Å². The van der Waals surface area contributed by atoms with Gasteiger partial charge in [-0.15, -0.1) is 0 Å². The molecule has 0 saturated carbocycles. The second-order valence-corrected chi connectivity index (χ2v) is 5.33. The van der Waals surface area contributed by atoms with Gasteiger partial charge in [-0.25, -0.2) is 13.2 Å². The number of benzene rings is 1. The molecule has 0 aliphatic carbocycles. The Hall–Kier alpha value is -1.07. The Balaban J connectivity index is 2.03. The lowest BCUT2D eigenvalue weighted by atomic mass is 9.81. The Morgan fingerprint density at radius 2 is 1.72 bits per heavy atom. The third-order valence-electron chi connectivity index (χ3n) is 4.00. The first-order valence-corrected chi connectivity index (χ1v) is 6.11. The van der Waals surface area contributed by atoms with E-state index >= 15 is 0 Å². The van der Waals surface area contributed by atoms with Crippen molar-refractivity contribution in [2.45, 2.75) is 43.4 Å². The monoisotopic (exact) mass is 257 g/mol. The molecule has 2 N–H and O–H groups in total. The molecule has 3 rings (SSSR count). The lowest BCUT2D eigenvalue weighted by molar-refractivity contribution is -0.0151. The zero-order chi connectivity index (χ0) is 12.9. The smallest absolute Gasteiger partial charge is 0.165 e. The fourth-order valence-electron chi connectivity index (χ4n) is 3.24. The van der Waals surface area contributed by atoms with Gasteiger partial charge in [0.1, 0.15) is 5.82 Å². The summed E-state index contributed by atoms with van der Waals surface area (Å²) in [4.78, 5) is 0. The van der Waals surface area contributed by atoms with Crippen LogP contribution in [0.4, 0.5) is 13.2 Å². The number of aliphatic hydroxyl groups is 1. The van der Waals surface area contributed by atoms with Gasteiger partial charge in [-0.2, -0.15) is 0 Å². The predicted octanol–water partition coefficient (Wildman–Crippen LogP) is 2.21. The van der Waals surface area contributed by atoms with E-state index in [1.165, 1.54) is 0 Å². The first kappa shape index (κ1) is 12.0. The molecule has 1 aromatic carbocycles. The average Bonchev–Trinajstić information content (AvgIpc) is 2.63. The second kappa shape index (κ2) is 3.96. The Kier molecular flexibility index (Phi) is 2.64. The highest BCUT2D eigenvalue weighted by Gasteiger charge is 2.45. The van der Waals surface area contributed by atoms with Crippen LogP contribution in [0.2, 0.25) is 0 Å². The summed E-state index contributed by atoms with van der Waals surface area (Å²) in [5.41, 5.74) is -1.72. The summed E-state index contributed by atoms with van der Waals surface area (Å²) in [6.45, 7) is 0. The number of piperidine rings is 1. The van der Waals surface area contributed by atoms with Crippen LogP contribution >= 0.6 is 0 Å². The van der Waals surface area contributed by atoms with Crippen LogP contribution in [0.25, 0.3) is 0 Å². The number of nitrogens with one attached hydrogen (secondary N) is 1. The SMILES string of the molecule is OC1(c2cc(F)cc(F)c2F)CC2CCC(C1)N2. The van der Waals surface area contributed by atoms with Gasteiger partial charge < -0.3 is 10.4 Å². The minimum atomic E-state index is -1.47. The van der Waals surface area contributed by atoms with Gasteiger partial charge >= 0.3 is 0 Å². The van der Waals surface area contributed by atoms with Gasteiger partial charge in [0, 0.05) is 23.7 Å². The molecule has 18 heavy (non-hydrogen) atoms. The van der Waals surface area contributed by atoms with E-state index in [9.17, 15) is 18.3 Å². The normalized spacial score (nSPS) is 34.9. The standard InChI is InChI=1S/C13H14F3NO/c14-7-3-10(12(16)11(15)4-7)13(18)5-8-1-2-9(6-13)17-8/h3-4,8-9,17-18H,1-2,5-6H2. The van der Waals surface area contributed by atoms with Crippen molar-refractivity contribution in [1.82, 2.24) is 5.32 Å².